The highest BCUT2D eigenvalue weighted by molar-refractivity contribution is 6.04. The Hall–Kier alpha value is -4.58. The van der Waals surface area contributed by atoms with Gasteiger partial charge < -0.3 is 10.2 Å². The van der Waals surface area contributed by atoms with Gasteiger partial charge in [-0.05, 0) is 55.0 Å². The maximum Gasteiger partial charge on any atom is 0.247 e. The van der Waals surface area contributed by atoms with Crippen LogP contribution in [-0.2, 0) is 4.79 Å². The van der Waals surface area contributed by atoms with Gasteiger partial charge in [0.25, 0.3) is 0 Å². The highest BCUT2D eigenvalue weighted by atomic mass is 19.1. The van der Waals surface area contributed by atoms with Gasteiger partial charge in [0.1, 0.15) is 23.4 Å². The van der Waals surface area contributed by atoms with Crippen LogP contribution >= 0.6 is 0 Å². The van der Waals surface area contributed by atoms with Crippen LogP contribution in [0.4, 0.5) is 21.6 Å². The number of carbonyl (C=O) groups excluding carboxylic acids is 1. The lowest BCUT2D eigenvalue weighted by atomic mass is 10.1. The number of fused-ring (bicyclic) bond motifs is 1. The Balaban J connectivity index is 1.63. The number of nitrogens with zero attached hydrogens (tertiary/aromatic N) is 6. The molecule has 1 atom stereocenters. The monoisotopic (exact) mass is 439 g/mol. The highest BCUT2D eigenvalue weighted by Crippen LogP contribution is 2.37. The molecular formula is C24H18FN7O. The minimum Gasteiger partial charge on any atom is -0.320 e. The molecule has 9 heteroatoms. The zero-order chi connectivity index (χ0) is 22.9. The Morgan fingerprint density at radius 1 is 1.12 bits per heavy atom. The van der Waals surface area contributed by atoms with Gasteiger partial charge in [-0.1, -0.05) is 6.92 Å². The van der Waals surface area contributed by atoms with Crippen LogP contribution in [0, 0.1) is 17.1 Å². The molecule has 2 aromatic carbocycles. The zero-order valence-electron chi connectivity index (χ0n) is 17.6. The molecule has 5 rings (SSSR count). The molecule has 33 heavy (non-hydrogen) atoms. The maximum absolute atomic E-state index is 13.4. The van der Waals surface area contributed by atoms with Gasteiger partial charge in [0.05, 0.1) is 17.8 Å². The molecule has 1 aliphatic heterocycles. The van der Waals surface area contributed by atoms with Crippen molar-refractivity contribution in [1.29, 1.82) is 5.26 Å². The molecule has 4 aromatic rings. The number of aromatic nitrogens is 4. The molecule has 0 radical (unpaired) electrons. The molecule has 1 N–H and O–H groups in total. The third-order valence-electron chi connectivity index (χ3n) is 5.48. The summed E-state index contributed by atoms with van der Waals surface area (Å²) in [5.74, 6) is 0.971. The van der Waals surface area contributed by atoms with Crippen molar-refractivity contribution in [2.24, 2.45) is 0 Å². The second kappa shape index (κ2) is 8.16. The first-order chi connectivity index (χ1) is 16.1. The first-order valence-corrected chi connectivity index (χ1v) is 10.4. The van der Waals surface area contributed by atoms with Crippen molar-refractivity contribution in [2.75, 3.05) is 10.2 Å². The minimum atomic E-state index is -0.479. The second-order valence-electron chi connectivity index (χ2n) is 7.48. The lowest BCUT2D eigenvalue weighted by Crippen LogP contribution is -2.45. The van der Waals surface area contributed by atoms with Gasteiger partial charge in [0.15, 0.2) is 5.82 Å². The Bertz CT molecular complexity index is 1370. The van der Waals surface area contributed by atoms with Crippen molar-refractivity contribution in [3.63, 3.8) is 0 Å². The number of nitrogens with one attached hydrogen (secondary N) is 1. The SMILES string of the molecule is CCC1C(=O)Nc2cnc(-n3ccnc3-c3ccc(F)cc3)nc2N1c1ccc(C#N)cc1. The third kappa shape index (κ3) is 3.57. The van der Waals surface area contributed by atoms with Crippen LogP contribution in [0.2, 0.25) is 0 Å². The number of amides is 1. The van der Waals surface area contributed by atoms with Gasteiger partial charge >= 0.3 is 0 Å². The Labute approximate surface area is 189 Å². The highest BCUT2D eigenvalue weighted by Gasteiger charge is 2.34. The summed E-state index contributed by atoms with van der Waals surface area (Å²) in [5.41, 5.74) is 2.47. The molecule has 0 saturated heterocycles. The Morgan fingerprint density at radius 3 is 2.58 bits per heavy atom. The molecule has 162 valence electrons. The number of rotatable bonds is 4. The molecule has 8 nitrogen and oxygen atoms in total. The van der Waals surface area contributed by atoms with Crippen LogP contribution in [0.15, 0.2) is 67.1 Å². The largest absolute Gasteiger partial charge is 0.320 e. The quantitative estimate of drug-likeness (QED) is 0.511. The number of halogens is 1. The average molecular weight is 439 g/mol. The van der Waals surface area contributed by atoms with Crippen molar-refractivity contribution >= 4 is 23.1 Å². The Morgan fingerprint density at radius 2 is 1.88 bits per heavy atom. The predicted molar refractivity (Wildman–Crippen MR) is 121 cm³/mol. The second-order valence-corrected chi connectivity index (χ2v) is 7.48. The summed E-state index contributed by atoms with van der Waals surface area (Å²) in [6, 6.07) is 14.7. The smallest absolute Gasteiger partial charge is 0.247 e. The fraction of sp³-hybridized carbons (Fsp3) is 0.125. The van der Waals surface area contributed by atoms with Crippen molar-refractivity contribution in [3.8, 4) is 23.4 Å². The molecule has 0 saturated carbocycles. The first-order valence-electron chi connectivity index (χ1n) is 10.4. The molecule has 1 amide bonds. The van der Waals surface area contributed by atoms with Crippen LogP contribution in [-0.4, -0.2) is 31.5 Å². The standard InChI is InChI=1S/C24H18FN7O/c1-2-20-23(33)29-19-14-28-24(30-22(19)32(20)18-9-3-15(13-26)4-10-18)31-12-11-27-21(31)16-5-7-17(25)8-6-16/h3-12,14,20H,2H2,1H3,(H,29,33). The van der Waals surface area contributed by atoms with Crippen molar-refractivity contribution in [3.05, 3.63) is 78.5 Å². The van der Waals surface area contributed by atoms with E-state index in [1.807, 2.05) is 11.8 Å². The van der Waals surface area contributed by atoms with Crippen molar-refractivity contribution < 1.29 is 9.18 Å². The summed E-state index contributed by atoms with van der Waals surface area (Å²) in [6.07, 6.45) is 5.46. The minimum absolute atomic E-state index is 0.152. The zero-order valence-corrected chi connectivity index (χ0v) is 17.6. The van der Waals surface area contributed by atoms with Gasteiger partial charge in [-0.15, -0.1) is 0 Å². The Kier molecular flexibility index (Phi) is 5.03. The summed E-state index contributed by atoms with van der Waals surface area (Å²) in [7, 11) is 0. The number of hydrogen-bond donors (Lipinski definition) is 1. The molecular weight excluding hydrogens is 421 g/mol. The molecule has 1 unspecified atom stereocenters. The summed E-state index contributed by atoms with van der Waals surface area (Å²) < 4.78 is 15.1. The van der Waals surface area contributed by atoms with Gasteiger partial charge in [-0.25, -0.2) is 14.4 Å². The molecule has 0 bridgehead atoms. The number of anilines is 3. The predicted octanol–water partition coefficient (Wildman–Crippen LogP) is 4.21. The van der Waals surface area contributed by atoms with E-state index in [4.69, 9.17) is 10.2 Å². The van der Waals surface area contributed by atoms with E-state index in [-0.39, 0.29) is 11.7 Å². The lowest BCUT2D eigenvalue weighted by Gasteiger charge is -2.36. The molecule has 1 aliphatic rings. The fourth-order valence-corrected chi connectivity index (χ4v) is 3.88. The molecule has 0 fully saturated rings. The number of nitriles is 1. The first kappa shape index (κ1) is 20.3. The van der Waals surface area contributed by atoms with Gasteiger partial charge in [-0.3, -0.25) is 9.36 Å². The molecule has 0 spiro atoms. The van der Waals surface area contributed by atoms with Crippen molar-refractivity contribution in [2.45, 2.75) is 19.4 Å². The topological polar surface area (TPSA) is 99.7 Å². The van der Waals surface area contributed by atoms with Gasteiger partial charge in [-0.2, -0.15) is 10.2 Å². The fourth-order valence-electron chi connectivity index (χ4n) is 3.88. The summed E-state index contributed by atoms with van der Waals surface area (Å²) in [4.78, 5) is 28.2. The van der Waals surface area contributed by atoms with E-state index in [0.717, 1.165) is 5.69 Å². The van der Waals surface area contributed by atoms with Crippen LogP contribution in [0.25, 0.3) is 17.3 Å². The van der Waals surface area contributed by atoms with E-state index in [1.54, 1.807) is 59.6 Å². The van der Waals surface area contributed by atoms with Crippen LogP contribution in [0.5, 0.6) is 0 Å². The summed E-state index contributed by atoms with van der Waals surface area (Å²) >= 11 is 0. The molecule has 3 heterocycles. The van der Waals surface area contributed by atoms with Gasteiger partial charge in [0, 0.05) is 23.6 Å². The number of carbonyl (C=O) groups is 1. The average Bonchev–Trinajstić information content (AvgIpc) is 3.33. The summed E-state index contributed by atoms with van der Waals surface area (Å²) in [6.45, 7) is 1.93. The molecule has 0 aliphatic carbocycles. The van der Waals surface area contributed by atoms with E-state index < -0.39 is 6.04 Å². The maximum atomic E-state index is 13.4. The van der Waals surface area contributed by atoms with E-state index in [9.17, 15) is 9.18 Å². The van der Waals surface area contributed by atoms with Crippen molar-refractivity contribution in [1.82, 2.24) is 19.5 Å². The van der Waals surface area contributed by atoms with E-state index in [2.05, 4.69) is 21.4 Å². The number of imidazole rings is 1. The molecule has 2 aromatic heterocycles. The van der Waals surface area contributed by atoms with E-state index in [1.165, 1.54) is 12.1 Å². The normalized spacial score (nSPS) is 15.0. The van der Waals surface area contributed by atoms with E-state index >= 15 is 0 Å². The van der Waals surface area contributed by atoms with Crippen LogP contribution < -0.4 is 10.2 Å². The van der Waals surface area contributed by atoms with Crippen LogP contribution in [0.1, 0.15) is 18.9 Å². The number of benzene rings is 2. The van der Waals surface area contributed by atoms with Crippen LogP contribution in [0.3, 0.4) is 0 Å². The van der Waals surface area contributed by atoms with Gasteiger partial charge in [0.2, 0.25) is 11.9 Å². The van der Waals surface area contributed by atoms with E-state index in [0.29, 0.717) is 40.8 Å². The summed E-state index contributed by atoms with van der Waals surface area (Å²) in [5, 5.41) is 12.0. The number of hydrogen-bond acceptors (Lipinski definition) is 6. The lowest BCUT2D eigenvalue weighted by molar-refractivity contribution is -0.117. The third-order valence-corrected chi connectivity index (χ3v) is 5.48.